The number of rotatable bonds is 6. The minimum atomic E-state index is -0.0352. The minimum Gasteiger partial charge on any atom is -0.355 e. The van der Waals surface area contributed by atoms with Crippen molar-refractivity contribution in [3.05, 3.63) is 35.4 Å². The monoisotopic (exact) mass is 289 g/mol. The van der Waals surface area contributed by atoms with Gasteiger partial charge in [-0.15, -0.1) is 0 Å². The molecule has 0 saturated heterocycles. The molecule has 1 aromatic rings. The third-order valence-corrected chi connectivity index (χ3v) is 4.71. The first kappa shape index (κ1) is 16.0. The molecule has 0 aromatic heterocycles. The predicted octanol–water partition coefficient (Wildman–Crippen LogP) is 2.01. The highest BCUT2D eigenvalue weighted by molar-refractivity contribution is 5.93. The zero-order chi connectivity index (χ0) is 15.3. The van der Waals surface area contributed by atoms with Gasteiger partial charge in [0.15, 0.2) is 0 Å². The average molecular weight is 289 g/mol. The highest BCUT2D eigenvalue weighted by Gasteiger charge is 2.35. The van der Waals surface area contributed by atoms with E-state index < -0.39 is 0 Å². The molecule has 2 rings (SSSR count). The number of amides is 1. The Morgan fingerprint density at radius 3 is 2.33 bits per heavy atom. The molecule has 21 heavy (non-hydrogen) atoms. The van der Waals surface area contributed by atoms with Crippen LogP contribution in [0.1, 0.15) is 41.6 Å². The van der Waals surface area contributed by atoms with Gasteiger partial charge in [-0.1, -0.05) is 25.0 Å². The van der Waals surface area contributed by atoms with E-state index in [4.69, 9.17) is 0 Å². The van der Waals surface area contributed by atoms with E-state index in [0.717, 1.165) is 13.1 Å². The van der Waals surface area contributed by atoms with Gasteiger partial charge in [-0.3, -0.25) is 4.79 Å². The highest BCUT2D eigenvalue weighted by atomic mass is 16.1. The lowest BCUT2D eigenvalue weighted by molar-refractivity contribution is 0.0963. The summed E-state index contributed by atoms with van der Waals surface area (Å²) < 4.78 is 0. The zero-order valence-electron chi connectivity index (χ0n) is 13.4. The molecule has 0 spiro atoms. The second-order valence-electron chi connectivity index (χ2n) is 6.21. The fraction of sp³-hybridized carbons (Fsp3) is 0.588. The van der Waals surface area contributed by atoms with Crippen LogP contribution < -0.4 is 10.6 Å². The average Bonchev–Trinajstić information content (AvgIpc) is 2.97. The Kier molecular flexibility index (Phi) is 5.37. The normalized spacial score (nSPS) is 17.1. The van der Waals surface area contributed by atoms with Gasteiger partial charge in [0.05, 0.1) is 0 Å². The van der Waals surface area contributed by atoms with Gasteiger partial charge in [-0.2, -0.15) is 0 Å². The van der Waals surface area contributed by atoms with Crippen LogP contribution in [0, 0.1) is 0 Å². The largest absolute Gasteiger partial charge is 0.355 e. The summed E-state index contributed by atoms with van der Waals surface area (Å²) in [5.74, 6) is -0.0352. The van der Waals surface area contributed by atoms with Crippen molar-refractivity contribution in [1.82, 2.24) is 15.5 Å². The number of benzene rings is 1. The molecule has 1 saturated carbocycles. The summed E-state index contributed by atoms with van der Waals surface area (Å²) in [4.78, 5) is 13.9. The number of carbonyl (C=O) groups is 1. The quantitative estimate of drug-likeness (QED) is 0.842. The smallest absolute Gasteiger partial charge is 0.251 e. The molecule has 1 aliphatic rings. The summed E-state index contributed by atoms with van der Waals surface area (Å²) >= 11 is 0. The summed E-state index contributed by atoms with van der Waals surface area (Å²) in [6, 6.07) is 7.81. The molecule has 0 atom stereocenters. The van der Waals surface area contributed by atoms with Gasteiger partial charge in [0.1, 0.15) is 0 Å². The number of hydrogen-bond acceptors (Lipinski definition) is 3. The van der Waals surface area contributed by atoms with Crippen LogP contribution in [-0.2, 0) is 6.54 Å². The van der Waals surface area contributed by atoms with Crippen LogP contribution in [0.2, 0.25) is 0 Å². The summed E-state index contributed by atoms with van der Waals surface area (Å²) in [5, 5.41) is 6.22. The van der Waals surface area contributed by atoms with Crippen molar-refractivity contribution in [2.75, 3.05) is 27.7 Å². The second kappa shape index (κ2) is 7.05. The van der Waals surface area contributed by atoms with Gasteiger partial charge in [0.2, 0.25) is 0 Å². The first-order valence-electron chi connectivity index (χ1n) is 7.76. The number of hydrogen-bond donors (Lipinski definition) is 2. The van der Waals surface area contributed by atoms with Crippen LogP contribution in [0.25, 0.3) is 0 Å². The standard InChI is InChI=1S/C17H27N3O/c1-18-16(21)15-8-6-14(7-9-15)12-19-13-17(20(2)3)10-4-5-11-17/h6-9,19H,4-5,10-13H2,1-3H3,(H,18,21). The summed E-state index contributed by atoms with van der Waals surface area (Å²) in [6.07, 6.45) is 5.23. The van der Waals surface area contributed by atoms with Crippen LogP contribution in [0.3, 0.4) is 0 Å². The molecule has 0 bridgehead atoms. The van der Waals surface area contributed by atoms with Crippen molar-refractivity contribution in [2.45, 2.75) is 37.8 Å². The molecule has 1 fully saturated rings. The molecule has 116 valence electrons. The van der Waals surface area contributed by atoms with Crippen LogP contribution >= 0.6 is 0 Å². The molecule has 0 heterocycles. The molecule has 0 aliphatic heterocycles. The Hall–Kier alpha value is -1.39. The van der Waals surface area contributed by atoms with E-state index in [-0.39, 0.29) is 5.91 Å². The van der Waals surface area contributed by atoms with Crippen molar-refractivity contribution < 1.29 is 4.79 Å². The van der Waals surface area contributed by atoms with Gasteiger partial charge in [0.25, 0.3) is 5.91 Å². The second-order valence-corrected chi connectivity index (χ2v) is 6.21. The van der Waals surface area contributed by atoms with E-state index in [1.807, 2.05) is 24.3 Å². The summed E-state index contributed by atoms with van der Waals surface area (Å²) in [6.45, 7) is 1.88. The fourth-order valence-electron chi connectivity index (χ4n) is 3.17. The number of carbonyl (C=O) groups excluding carboxylic acids is 1. The zero-order valence-corrected chi connectivity index (χ0v) is 13.4. The van der Waals surface area contributed by atoms with Gasteiger partial charge in [0, 0.05) is 31.2 Å². The molecule has 1 aromatic carbocycles. The van der Waals surface area contributed by atoms with E-state index in [0.29, 0.717) is 11.1 Å². The van der Waals surface area contributed by atoms with E-state index >= 15 is 0 Å². The Balaban J connectivity index is 1.87. The molecular weight excluding hydrogens is 262 g/mol. The maximum Gasteiger partial charge on any atom is 0.251 e. The van der Waals surface area contributed by atoms with Gasteiger partial charge < -0.3 is 15.5 Å². The Morgan fingerprint density at radius 1 is 1.19 bits per heavy atom. The van der Waals surface area contributed by atoms with Gasteiger partial charge in [-0.25, -0.2) is 0 Å². The van der Waals surface area contributed by atoms with E-state index in [9.17, 15) is 4.79 Å². The Morgan fingerprint density at radius 2 is 1.81 bits per heavy atom. The van der Waals surface area contributed by atoms with Crippen LogP contribution in [0.4, 0.5) is 0 Å². The first-order valence-corrected chi connectivity index (χ1v) is 7.76. The molecular formula is C17H27N3O. The van der Waals surface area contributed by atoms with Crippen molar-refractivity contribution in [3.8, 4) is 0 Å². The third-order valence-electron chi connectivity index (χ3n) is 4.71. The van der Waals surface area contributed by atoms with E-state index in [1.165, 1.54) is 31.2 Å². The van der Waals surface area contributed by atoms with Crippen LogP contribution in [0.5, 0.6) is 0 Å². The molecule has 1 aliphatic carbocycles. The lowest BCUT2D eigenvalue weighted by atomic mass is 9.96. The molecule has 4 nitrogen and oxygen atoms in total. The summed E-state index contributed by atoms with van der Waals surface area (Å²) in [5.41, 5.74) is 2.25. The fourth-order valence-corrected chi connectivity index (χ4v) is 3.17. The van der Waals surface area contributed by atoms with E-state index in [1.54, 1.807) is 7.05 Å². The molecule has 4 heteroatoms. The predicted molar refractivity (Wildman–Crippen MR) is 86.4 cm³/mol. The number of nitrogens with one attached hydrogen (secondary N) is 2. The lowest BCUT2D eigenvalue weighted by Crippen LogP contribution is -2.49. The van der Waals surface area contributed by atoms with Crippen LogP contribution in [0.15, 0.2) is 24.3 Å². The van der Waals surface area contributed by atoms with Gasteiger partial charge in [-0.05, 0) is 44.6 Å². The van der Waals surface area contributed by atoms with Crippen LogP contribution in [-0.4, -0.2) is 44.0 Å². The van der Waals surface area contributed by atoms with Crippen molar-refractivity contribution in [1.29, 1.82) is 0 Å². The first-order chi connectivity index (χ1) is 10.1. The number of likely N-dealkylation sites (N-methyl/N-ethyl adjacent to an activating group) is 1. The van der Waals surface area contributed by atoms with Crippen molar-refractivity contribution in [3.63, 3.8) is 0 Å². The van der Waals surface area contributed by atoms with Crippen molar-refractivity contribution >= 4 is 5.91 Å². The molecule has 0 unspecified atom stereocenters. The van der Waals surface area contributed by atoms with Gasteiger partial charge >= 0.3 is 0 Å². The Labute approximate surface area is 127 Å². The topological polar surface area (TPSA) is 44.4 Å². The molecule has 1 amide bonds. The van der Waals surface area contributed by atoms with E-state index in [2.05, 4.69) is 29.6 Å². The maximum atomic E-state index is 11.5. The SMILES string of the molecule is CNC(=O)c1ccc(CNCC2(N(C)C)CCCC2)cc1. The minimum absolute atomic E-state index is 0.0352. The van der Waals surface area contributed by atoms with Crippen molar-refractivity contribution in [2.24, 2.45) is 0 Å². The third kappa shape index (κ3) is 3.83. The maximum absolute atomic E-state index is 11.5. The molecule has 2 N–H and O–H groups in total. The molecule has 0 radical (unpaired) electrons. The highest BCUT2D eigenvalue weighted by Crippen LogP contribution is 2.33. The summed E-state index contributed by atoms with van der Waals surface area (Å²) in [7, 11) is 6.02. The lowest BCUT2D eigenvalue weighted by Gasteiger charge is -2.36. The number of nitrogens with zero attached hydrogens (tertiary/aromatic N) is 1. The Bertz CT molecular complexity index is 461.